The van der Waals surface area contributed by atoms with E-state index in [-0.39, 0.29) is 5.43 Å². The molecule has 3 nitrogen and oxygen atoms in total. The van der Waals surface area contributed by atoms with E-state index in [0.717, 1.165) is 23.4 Å². The number of aromatic nitrogens is 1. The Morgan fingerprint density at radius 2 is 1.95 bits per heavy atom. The highest BCUT2D eigenvalue weighted by Crippen LogP contribution is 2.15. The number of hydrogen-bond donors (Lipinski definition) is 1. The molecule has 0 saturated heterocycles. The number of hydrogen-bond acceptors (Lipinski definition) is 2. The molecule has 1 N–H and O–H groups in total. The van der Waals surface area contributed by atoms with Gasteiger partial charge in [-0.3, -0.25) is 4.79 Å². The molecule has 2 aromatic rings. The molecule has 0 aliphatic carbocycles. The smallest absolute Gasteiger partial charge is 0.186 e. The molecule has 2 rings (SSSR count). The second-order valence-corrected chi connectivity index (χ2v) is 5.65. The number of nitrogens with one attached hydrogen (secondary N) is 1. The largest absolute Gasteiger partial charge is 0.320 e. The summed E-state index contributed by atoms with van der Waals surface area (Å²) < 4.78 is 2.10. The highest BCUT2D eigenvalue weighted by Gasteiger charge is 2.08. The summed E-state index contributed by atoms with van der Waals surface area (Å²) in [5.74, 6) is 0. The molecule has 0 amide bonds. The number of para-hydroxylation sites is 1. The quantitative estimate of drug-likeness (QED) is 0.913. The Hall–Kier alpha value is -1.87. The zero-order chi connectivity index (χ0) is 15.4. The van der Waals surface area contributed by atoms with Gasteiger partial charge in [0.05, 0.1) is 0 Å². The third-order valence-corrected chi connectivity index (χ3v) is 3.95. The van der Waals surface area contributed by atoms with E-state index < -0.39 is 0 Å². The summed E-state index contributed by atoms with van der Waals surface area (Å²) in [6.45, 7) is 8.94. The number of benzene rings is 1. The van der Waals surface area contributed by atoms with E-state index in [1.54, 1.807) is 6.07 Å². The monoisotopic (exact) mass is 284 g/mol. The van der Waals surface area contributed by atoms with Crippen LogP contribution in [0.2, 0.25) is 0 Å². The van der Waals surface area contributed by atoms with E-state index in [0.29, 0.717) is 12.6 Å². The maximum absolute atomic E-state index is 12.2. The standard InChI is InChI=1S/C18H24N2O/c1-5-14(3)19-11-16-12-20(15(4)10-18(16)21)17-9-7-6-8-13(17)2/h6-10,12,14,19H,5,11H2,1-4H3. The molecule has 0 fully saturated rings. The van der Waals surface area contributed by atoms with Gasteiger partial charge >= 0.3 is 0 Å². The second kappa shape index (κ2) is 6.72. The van der Waals surface area contributed by atoms with Gasteiger partial charge in [0.15, 0.2) is 5.43 Å². The second-order valence-electron chi connectivity index (χ2n) is 5.65. The van der Waals surface area contributed by atoms with Gasteiger partial charge in [0.1, 0.15) is 0 Å². The number of rotatable bonds is 5. The SMILES string of the molecule is CCC(C)NCc1cn(-c2ccccc2C)c(C)cc1=O. The van der Waals surface area contributed by atoms with Crippen LogP contribution < -0.4 is 10.7 Å². The van der Waals surface area contributed by atoms with E-state index in [9.17, 15) is 4.79 Å². The Morgan fingerprint density at radius 1 is 1.24 bits per heavy atom. The van der Waals surface area contributed by atoms with Crippen LogP contribution in [0, 0.1) is 13.8 Å². The molecule has 0 spiro atoms. The Kier molecular flexibility index (Phi) is 4.97. The predicted octanol–water partition coefficient (Wildman–Crippen LogP) is 3.34. The van der Waals surface area contributed by atoms with Crippen molar-refractivity contribution in [3.05, 3.63) is 63.6 Å². The van der Waals surface area contributed by atoms with E-state index in [4.69, 9.17) is 0 Å². The van der Waals surface area contributed by atoms with Crippen molar-refractivity contribution in [3.8, 4) is 5.69 Å². The first-order valence-electron chi connectivity index (χ1n) is 7.54. The summed E-state index contributed by atoms with van der Waals surface area (Å²) in [6.07, 6.45) is 3.02. The molecule has 1 aromatic heterocycles. The van der Waals surface area contributed by atoms with Crippen LogP contribution in [0.15, 0.2) is 41.3 Å². The van der Waals surface area contributed by atoms with Crippen molar-refractivity contribution in [2.24, 2.45) is 0 Å². The van der Waals surface area contributed by atoms with Gasteiger partial charge in [-0.05, 0) is 38.8 Å². The minimum absolute atomic E-state index is 0.105. The molecule has 21 heavy (non-hydrogen) atoms. The fourth-order valence-corrected chi connectivity index (χ4v) is 2.33. The molecule has 0 radical (unpaired) electrons. The molecular formula is C18H24N2O. The van der Waals surface area contributed by atoms with Crippen molar-refractivity contribution in [1.29, 1.82) is 0 Å². The summed E-state index contributed by atoms with van der Waals surface area (Å²) in [5.41, 5.74) is 4.20. The maximum Gasteiger partial charge on any atom is 0.186 e. The van der Waals surface area contributed by atoms with Crippen LogP contribution in [0.25, 0.3) is 5.69 Å². The summed E-state index contributed by atoms with van der Waals surface area (Å²) in [7, 11) is 0. The van der Waals surface area contributed by atoms with Crippen LogP contribution in [0.4, 0.5) is 0 Å². The Labute approximate surface area is 126 Å². The average molecular weight is 284 g/mol. The van der Waals surface area contributed by atoms with Crippen LogP contribution in [-0.2, 0) is 6.54 Å². The first-order valence-corrected chi connectivity index (χ1v) is 7.54. The van der Waals surface area contributed by atoms with Gasteiger partial charge in [0.25, 0.3) is 0 Å². The molecule has 1 atom stereocenters. The molecule has 1 aromatic carbocycles. The van der Waals surface area contributed by atoms with Crippen LogP contribution in [-0.4, -0.2) is 10.6 Å². The van der Waals surface area contributed by atoms with Gasteiger partial charge in [-0.15, -0.1) is 0 Å². The first-order chi connectivity index (χ1) is 10.0. The van der Waals surface area contributed by atoms with E-state index in [1.165, 1.54) is 5.56 Å². The molecule has 0 aliphatic rings. The van der Waals surface area contributed by atoms with Crippen molar-refractivity contribution in [3.63, 3.8) is 0 Å². The van der Waals surface area contributed by atoms with E-state index >= 15 is 0 Å². The Balaban J connectivity index is 2.39. The Bertz CT molecular complexity index is 673. The zero-order valence-corrected chi connectivity index (χ0v) is 13.3. The summed E-state index contributed by atoms with van der Waals surface area (Å²) in [4.78, 5) is 12.2. The van der Waals surface area contributed by atoms with Crippen molar-refractivity contribution < 1.29 is 0 Å². The van der Waals surface area contributed by atoms with Crippen LogP contribution in [0.1, 0.15) is 37.1 Å². The van der Waals surface area contributed by atoms with E-state index in [1.807, 2.05) is 25.3 Å². The van der Waals surface area contributed by atoms with Crippen LogP contribution in [0.3, 0.4) is 0 Å². The van der Waals surface area contributed by atoms with Crippen LogP contribution >= 0.6 is 0 Å². The summed E-state index contributed by atoms with van der Waals surface area (Å²) >= 11 is 0. The lowest BCUT2D eigenvalue weighted by atomic mass is 10.1. The van der Waals surface area contributed by atoms with Gasteiger partial charge in [-0.1, -0.05) is 25.1 Å². The fraction of sp³-hybridized carbons (Fsp3) is 0.389. The molecule has 1 unspecified atom stereocenters. The molecular weight excluding hydrogens is 260 g/mol. The predicted molar refractivity (Wildman–Crippen MR) is 88.1 cm³/mol. The van der Waals surface area contributed by atoms with Crippen molar-refractivity contribution in [2.45, 2.75) is 46.7 Å². The lowest BCUT2D eigenvalue weighted by molar-refractivity contribution is 0.531. The van der Waals surface area contributed by atoms with Crippen molar-refractivity contribution in [2.75, 3.05) is 0 Å². The molecule has 0 aliphatic heterocycles. The summed E-state index contributed by atoms with van der Waals surface area (Å²) in [5, 5.41) is 3.39. The molecule has 0 saturated carbocycles. The number of pyridine rings is 1. The number of aryl methyl sites for hydroxylation is 2. The van der Waals surface area contributed by atoms with Gasteiger partial charge in [0.2, 0.25) is 0 Å². The van der Waals surface area contributed by atoms with Crippen LogP contribution in [0.5, 0.6) is 0 Å². The van der Waals surface area contributed by atoms with Gasteiger partial charge in [0, 0.05) is 41.8 Å². The molecule has 3 heteroatoms. The normalized spacial score (nSPS) is 12.4. The third kappa shape index (κ3) is 3.61. The average Bonchev–Trinajstić information content (AvgIpc) is 2.47. The highest BCUT2D eigenvalue weighted by molar-refractivity contribution is 5.42. The minimum Gasteiger partial charge on any atom is -0.320 e. The van der Waals surface area contributed by atoms with Gasteiger partial charge in [-0.2, -0.15) is 0 Å². The third-order valence-electron chi connectivity index (χ3n) is 3.95. The minimum atomic E-state index is 0.105. The highest BCUT2D eigenvalue weighted by atomic mass is 16.1. The Morgan fingerprint density at radius 3 is 2.62 bits per heavy atom. The topological polar surface area (TPSA) is 34.0 Å². The zero-order valence-electron chi connectivity index (χ0n) is 13.3. The molecule has 112 valence electrons. The molecule has 0 bridgehead atoms. The van der Waals surface area contributed by atoms with Crippen molar-refractivity contribution in [1.82, 2.24) is 9.88 Å². The summed E-state index contributed by atoms with van der Waals surface area (Å²) in [6, 6.07) is 10.4. The molecule has 1 heterocycles. The van der Waals surface area contributed by atoms with Gasteiger partial charge < -0.3 is 9.88 Å². The maximum atomic E-state index is 12.2. The first kappa shape index (κ1) is 15.5. The van der Waals surface area contributed by atoms with Crippen molar-refractivity contribution >= 4 is 0 Å². The van der Waals surface area contributed by atoms with Gasteiger partial charge in [-0.25, -0.2) is 0 Å². The number of nitrogens with zero attached hydrogens (tertiary/aromatic N) is 1. The van der Waals surface area contributed by atoms with E-state index in [2.05, 4.69) is 42.8 Å². The fourth-order valence-electron chi connectivity index (χ4n) is 2.33. The lowest BCUT2D eigenvalue weighted by Crippen LogP contribution is -2.28. The lowest BCUT2D eigenvalue weighted by Gasteiger charge is -2.16.